The first kappa shape index (κ1) is 18.9. The molecule has 0 aromatic heterocycles. The number of aliphatic hydroxyl groups is 1. The molecule has 1 aliphatic carbocycles. The number of ether oxygens (including phenoxy) is 1. The molecule has 0 bridgehead atoms. The minimum Gasteiger partial charge on any atom is -0.493 e. The van der Waals surface area contributed by atoms with E-state index in [2.05, 4.69) is 21.2 Å². The fourth-order valence-corrected chi connectivity index (χ4v) is 2.81. The predicted octanol–water partition coefficient (Wildman–Crippen LogP) is 3.16. The average Bonchev–Trinajstić information content (AvgIpc) is 2.43. The number of halogens is 4. The first-order chi connectivity index (χ1) is 11.0. The van der Waals surface area contributed by atoms with Crippen molar-refractivity contribution in [3.05, 3.63) is 17.7 Å². The van der Waals surface area contributed by atoms with Crippen molar-refractivity contribution < 1.29 is 27.8 Å². The number of rotatable bonds is 5. The minimum atomic E-state index is -4.70. The Bertz CT molecular complexity index is 627. The fraction of sp³-hybridized carbons (Fsp3) is 0.533. The van der Waals surface area contributed by atoms with Gasteiger partial charge in [-0.05, 0) is 25.8 Å². The van der Waals surface area contributed by atoms with Crippen molar-refractivity contribution in [3.8, 4) is 5.75 Å². The molecule has 1 aromatic carbocycles. The molecule has 134 valence electrons. The number of alkyl halides is 4. The number of hydrogen-bond donors (Lipinski definition) is 3. The van der Waals surface area contributed by atoms with E-state index in [0.29, 0.717) is 5.33 Å². The van der Waals surface area contributed by atoms with Gasteiger partial charge >= 0.3 is 6.18 Å². The van der Waals surface area contributed by atoms with E-state index >= 15 is 0 Å². The summed E-state index contributed by atoms with van der Waals surface area (Å²) in [7, 11) is 0. The summed E-state index contributed by atoms with van der Waals surface area (Å²) in [5.41, 5.74) is 2.97. The highest BCUT2D eigenvalue weighted by Crippen LogP contribution is 2.42. The van der Waals surface area contributed by atoms with E-state index in [1.807, 2.05) is 0 Å². The Morgan fingerprint density at radius 2 is 2.12 bits per heavy atom. The highest BCUT2D eigenvalue weighted by molar-refractivity contribution is 9.09. The van der Waals surface area contributed by atoms with Crippen molar-refractivity contribution in [2.45, 2.75) is 31.5 Å². The first-order valence-corrected chi connectivity index (χ1v) is 8.38. The monoisotopic (exact) mass is 410 g/mol. The highest BCUT2D eigenvalue weighted by atomic mass is 79.9. The summed E-state index contributed by atoms with van der Waals surface area (Å²) in [5, 5.41) is 12.4. The number of benzene rings is 1. The van der Waals surface area contributed by atoms with Crippen LogP contribution in [0.3, 0.4) is 0 Å². The van der Waals surface area contributed by atoms with Crippen LogP contribution in [0.4, 0.5) is 24.5 Å². The Balaban J connectivity index is 2.26. The zero-order chi connectivity index (χ0) is 18.1. The average molecular weight is 411 g/mol. The summed E-state index contributed by atoms with van der Waals surface area (Å²) in [5.74, 6) is -1.15. The zero-order valence-corrected chi connectivity index (χ0v) is 14.5. The van der Waals surface area contributed by atoms with Gasteiger partial charge < -0.3 is 20.9 Å². The Kier molecular flexibility index (Phi) is 5.34. The summed E-state index contributed by atoms with van der Waals surface area (Å²) < 4.78 is 45.0. The van der Waals surface area contributed by atoms with Crippen LogP contribution in [0.15, 0.2) is 12.1 Å². The van der Waals surface area contributed by atoms with Crippen LogP contribution in [-0.2, 0) is 11.0 Å². The Morgan fingerprint density at radius 1 is 1.50 bits per heavy atom. The lowest BCUT2D eigenvalue weighted by atomic mass is 9.72. The Labute approximate surface area is 145 Å². The second-order valence-electron chi connectivity index (χ2n) is 6.06. The first-order valence-electron chi connectivity index (χ1n) is 7.26. The number of carbonyl (C=O) groups excluding carboxylic acids is 1. The Morgan fingerprint density at radius 3 is 2.62 bits per heavy atom. The van der Waals surface area contributed by atoms with Gasteiger partial charge in [-0.1, -0.05) is 15.9 Å². The zero-order valence-electron chi connectivity index (χ0n) is 12.9. The molecule has 24 heavy (non-hydrogen) atoms. The minimum absolute atomic E-state index is 0.0242. The number of carbonyl (C=O) groups is 1. The number of amides is 1. The van der Waals surface area contributed by atoms with Gasteiger partial charge in [0, 0.05) is 17.3 Å². The van der Waals surface area contributed by atoms with Crippen molar-refractivity contribution in [1.82, 2.24) is 0 Å². The number of nitrogens with two attached hydrogens (primary N) is 1. The van der Waals surface area contributed by atoms with Gasteiger partial charge in [0.25, 0.3) is 0 Å². The number of hydrogen-bond acceptors (Lipinski definition) is 4. The van der Waals surface area contributed by atoms with Crippen molar-refractivity contribution in [1.29, 1.82) is 0 Å². The Hall–Kier alpha value is -1.48. The summed E-state index contributed by atoms with van der Waals surface area (Å²) in [6, 6.07) is 2.05. The van der Waals surface area contributed by atoms with E-state index in [4.69, 9.17) is 10.5 Å². The molecule has 1 fully saturated rings. The number of anilines is 2. The van der Waals surface area contributed by atoms with E-state index in [-0.39, 0.29) is 30.9 Å². The van der Waals surface area contributed by atoms with E-state index in [9.17, 15) is 23.1 Å². The predicted molar refractivity (Wildman–Crippen MR) is 87.1 cm³/mol. The molecule has 4 N–H and O–H groups in total. The van der Waals surface area contributed by atoms with Gasteiger partial charge in [-0.2, -0.15) is 13.2 Å². The lowest BCUT2D eigenvalue weighted by molar-refractivity contribution is -0.137. The molecule has 0 unspecified atom stereocenters. The topological polar surface area (TPSA) is 84.6 Å². The largest absolute Gasteiger partial charge is 0.493 e. The lowest BCUT2D eigenvalue weighted by Crippen LogP contribution is -2.46. The smallest absolute Gasteiger partial charge is 0.418 e. The van der Waals surface area contributed by atoms with Crippen molar-refractivity contribution >= 4 is 33.2 Å². The SMILES string of the molecule is CC1(O)CC(C(=O)Nc2c(N)cc(OCCBr)cc2C(F)(F)F)C1. The third-order valence-corrected chi connectivity index (χ3v) is 4.11. The molecular formula is C15H18BrF3N2O3. The maximum absolute atomic E-state index is 13.3. The van der Waals surface area contributed by atoms with E-state index in [1.165, 1.54) is 6.07 Å². The summed E-state index contributed by atoms with van der Waals surface area (Å²) in [6.07, 6.45) is -4.30. The molecule has 0 saturated heterocycles. The number of nitrogens with one attached hydrogen (secondary N) is 1. The number of nitrogen functional groups attached to an aromatic ring is 1. The second-order valence-corrected chi connectivity index (χ2v) is 6.85. The maximum Gasteiger partial charge on any atom is 0.418 e. The van der Waals surface area contributed by atoms with Gasteiger partial charge in [-0.3, -0.25) is 4.79 Å². The molecule has 2 rings (SSSR count). The molecular weight excluding hydrogens is 393 g/mol. The van der Waals surface area contributed by atoms with E-state index < -0.39 is 34.9 Å². The molecule has 1 aliphatic rings. The normalized spacial score (nSPS) is 23.5. The molecule has 0 atom stereocenters. The standard InChI is InChI=1S/C15H18BrF3N2O3/c1-14(23)6-8(7-14)13(22)21-12-10(15(17,18)19)4-9(5-11(12)20)24-3-2-16/h4-5,8,23H,2-3,6-7,20H2,1H3,(H,21,22). The molecule has 5 nitrogen and oxygen atoms in total. The molecule has 1 aromatic rings. The van der Waals surface area contributed by atoms with Gasteiger partial charge in [0.2, 0.25) is 5.91 Å². The van der Waals surface area contributed by atoms with Crippen LogP contribution < -0.4 is 15.8 Å². The van der Waals surface area contributed by atoms with Crippen LogP contribution in [0.5, 0.6) is 5.75 Å². The quantitative estimate of drug-likeness (QED) is 0.514. The maximum atomic E-state index is 13.3. The fourth-order valence-electron chi connectivity index (χ4n) is 2.65. The summed E-state index contributed by atoms with van der Waals surface area (Å²) in [4.78, 5) is 12.1. The van der Waals surface area contributed by atoms with Crippen LogP contribution in [0.1, 0.15) is 25.3 Å². The van der Waals surface area contributed by atoms with Crippen molar-refractivity contribution in [3.63, 3.8) is 0 Å². The second kappa shape index (κ2) is 6.79. The van der Waals surface area contributed by atoms with Crippen LogP contribution in [0.2, 0.25) is 0 Å². The summed E-state index contributed by atoms with van der Waals surface area (Å²) in [6.45, 7) is 1.75. The lowest BCUT2D eigenvalue weighted by Gasteiger charge is -2.39. The van der Waals surface area contributed by atoms with Crippen LogP contribution in [0, 0.1) is 5.92 Å². The van der Waals surface area contributed by atoms with E-state index in [1.54, 1.807) is 6.92 Å². The molecule has 0 heterocycles. The van der Waals surface area contributed by atoms with Crippen LogP contribution in [0.25, 0.3) is 0 Å². The van der Waals surface area contributed by atoms with Gasteiger partial charge in [0.15, 0.2) is 0 Å². The summed E-state index contributed by atoms with van der Waals surface area (Å²) >= 11 is 3.11. The van der Waals surface area contributed by atoms with Gasteiger partial charge in [0.05, 0.1) is 29.1 Å². The third kappa shape index (κ3) is 4.32. The molecule has 9 heteroatoms. The molecule has 0 aliphatic heterocycles. The van der Waals surface area contributed by atoms with Gasteiger partial charge in [-0.25, -0.2) is 0 Å². The van der Waals surface area contributed by atoms with Gasteiger partial charge in [0.1, 0.15) is 5.75 Å². The molecule has 0 spiro atoms. The molecule has 1 amide bonds. The van der Waals surface area contributed by atoms with Crippen molar-refractivity contribution in [2.24, 2.45) is 5.92 Å². The van der Waals surface area contributed by atoms with Crippen LogP contribution >= 0.6 is 15.9 Å². The van der Waals surface area contributed by atoms with Crippen molar-refractivity contribution in [2.75, 3.05) is 23.0 Å². The van der Waals surface area contributed by atoms with Gasteiger partial charge in [-0.15, -0.1) is 0 Å². The van der Waals surface area contributed by atoms with Crippen LogP contribution in [-0.4, -0.2) is 28.6 Å². The molecule has 0 radical (unpaired) electrons. The molecule has 1 saturated carbocycles. The highest BCUT2D eigenvalue weighted by Gasteiger charge is 2.43. The van der Waals surface area contributed by atoms with E-state index in [0.717, 1.165) is 6.07 Å². The third-order valence-electron chi connectivity index (χ3n) is 3.78.